The molecular weight excluding hydrogens is 468 g/mol. The van der Waals surface area contributed by atoms with Crippen LogP contribution in [0.5, 0.6) is 0 Å². The molecular formula is C25H38N4O7. The number of fused-ring (bicyclic) bond motifs is 2. The van der Waals surface area contributed by atoms with Gasteiger partial charge in [0.25, 0.3) is 0 Å². The maximum absolute atomic E-state index is 13.8. The van der Waals surface area contributed by atoms with Gasteiger partial charge in [-0.25, -0.2) is 9.59 Å². The van der Waals surface area contributed by atoms with E-state index in [-0.39, 0.29) is 31.8 Å². The highest BCUT2D eigenvalue weighted by Gasteiger charge is 2.61. The number of alkyl carbamates (subject to hydrolysis) is 1. The zero-order valence-electron chi connectivity index (χ0n) is 21.2. The molecule has 0 radical (unpaired) electrons. The molecule has 5 atom stereocenters. The van der Waals surface area contributed by atoms with Gasteiger partial charge in [-0.05, 0) is 59.4 Å². The highest BCUT2D eigenvalue weighted by molar-refractivity contribution is 5.96. The van der Waals surface area contributed by atoms with Crippen LogP contribution < -0.4 is 10.6 Å². The first kappa shape index (κ1) is 26.4. The number of carbonyl (C=O) groups excluding carboxylic acids is 3. The van der Waals surface area contributed by atoms with Crippen LogP contribution in [0.15, 0.2) is 12.2 Å². The van der Waals surface area contributed by atoms with E-state index in [4.69, 9.17) is 4.74 Å². The highest BCUT2D eigenvalue weighted by atomic mass is 16.6. The molecule has 4 aliphatic rings. The van der Waals surface area contributed by atoms with Crippen molar-refractivity contribution < 1.29 is 34.1 Å². The number of aliphatic hydroxyl groups is 1. The summed E-state index contributed by atoms with van der Waals surface area (Å²) >= 11 is 0. The lowest BCUT2D eigenvalue weighted by molar-refractivity contribution is -0.145. The van der Waals surface area contributed by atoms with Gasteiger partial charge in [0.2, 0.25) is 11.8 Å². The molecule has 36 heavy (non-hydrogen) atoms. The predicted octanol–water partition coefficient (Wildman–Crippen LogP) is 0.615. The summed E-state index contributed by atoms with van der Waals surface area (Å²) < 4.78 is 5.40. The molecule has 1 unspecified atom stereocenters. The maximum atomic E-state index is 13.8. The van der Waals surface area contributed by atoms with Gasteiger partial charge >= 0.3 is 12.1 Å². The fraction of sp³-hybridized carbons (Fsp3) is 0.760. The second kappa shape index (κ2) is 10.0. The molecule has 200 valence electrons. The Kier molecular flexibility index (Phi) is 7.34. The molecule has 11 nitrogen and oxygen atoms in total. The molecule has 0 spiro atoms. The Morgan fingerprint density at radius 2 is 1.94 bits per heavy atom. The van der Waals surface area contributed by atoms with Crippen LogP contribution in [0.1, 0.15) is 59.3 Å². The summed E-state index contributed by atoms with van der Waals surface area (Å²) in [5.41, 5.74) is -2.15. The molecule has 0 aromatic carbocycles. The minimum Gasteiger partial charge on any atom is -0.479 e. The maximum Gasteiger partial charge on any atom is 0.408 e. The Balaban J connectivity index is 1.62. The Bertz CT molecular complexity index is 928. The third kappa shape index (κ3) is 6.00. The number of nitrogens with one attached hydrogen (secondary N) is 2. The summed E-state index contributed by atoms with van der Waals surface area (Å²) in [7, 11) is 0. The average Bonchev–Trinajstić information content (AvgIpc) is 3.68. The number of aliphatic carboxylic acids is 1. The van der Waals surface area contributed by atoms with Gasteiger partial charge in [-0.1, -0.05) is 12.2 Å². The Morgan fingerprint density at radius 3 is 2.58 bits per heavy atom. The van der Waals surface area contributed by atoms with E-state index in [1.807, 2.05) is 12.2 Å². The molecule has 0 aromatic heterocycles. The fourth-order valence-corrected chi connectivity index (χ4v) is 5.18. The van der Waals surface area contributed by atoms with E-state index in [0.29, 0.717) is 12.6 Å². The summed E-state index contributed by atoms with van der Waals surface area (Å²) in [6.45, 7) is 6.10. The molecule has 3 fully saturated rings. The normalized spacial score (nSPS) is 34.9. The number of allylic oxidation sites excluding steroid dienone is 1. The summed E-state index contributed by atoms with van der Waals surface area (Å²) in [6.07, 6.45) is 6.01. The Hall–Kier alpha value is -2.66. The molecule has 11 heteroatoms. The first-order valence-corrected chi connectivity index (χ1v) is 12.8. The van der Waals surface area contributed by atoms with E-state index in [9.17, 15) is 29.4 Å². The molecule has 2 saturated carbocycles. The van der Waals surface area contributed by atoms with Crippen molar-refractivity contribution in [2.75, 3.05) is 19.6 Å². The summed E-state index contributed by atoms with van der Waals surface area (Å²) in [4.78, 5) is 55.2. The first-order chi connectivity index (χ1) is 16.9. The van der Waals surface area contributed by atoms with Gasteiger partial charge in [-0.15, -0.1) is 0 Å². The smallest absolute Gasteiger partial charge is 0.408 e. The number of ether oxygens (including phenoxy) is 1. The topological polar surface area (TPSA) is 149 Å². The van der Waals surface area contributed by atoms with Crippen molar-refractivity contribution >= 4 is 23.9 Å². The first-order valence-electron chi connectivity index (χ1n) is 12.8. The van der Waals surface area contributed by atoms with Crippen molar-refractivity contribution in [1.29, 1.82) is 0 Å². The predicted molar refractivity (Wildman–Crippen MR) is 129 cm³/mol. The lowest BCUT2D eigenvalue weighted by Gasteiger charge is -2.33. The number of hydrogen-bond donors (Lipinski definition) is 4. The van der Waals surface area contributed by atoms with Crippen LogP contribution in [0.25, 0.3) is 0 Å². The molecule has 2 aliphatic heterocycles. The molecule has 1 saturated heterocycles. The molecule has 4 rings (SSSR count). The molecule has 4 N–H and O–H groups in total. The van der Waals surface area contributed by atoms with Gasteiger partial charge in [-0.3, -0.25) is 14.5 Å². The zero-order valence-corrected chi connectivity index (χ0v) is 21.2. The molecule has 2 heterocycles. The van der Waals surface area contributed by atoms with Crippen LogP contribution in [0, 0.1) is 5.92 Å². The van der Waals surface area contributed by atoms with E-state index in [2.05, 4.69) is 15.5 Å². The van der Waals surface area contributed by atoms with Gasteiger partial charge in [0.15, 0.2) is 0 Å². The Labute approximate surface area is 211 Å². The monoisotopic (exact) mass is 506 g/mol. The number of hydrogen-bond acceptors (Lipinski definition) is 7. The Morgan fingerprint density at radius 1 is 1.22 bits per heavy atom. The minimum absolute atomic E-state index is 0.000719. The summed E-state index contributed by atoms with van der Waals surface area (Å²) in [6, 6.07) is -1.69. The third-order valence-corrected chi connectivity index (χ3v) is 7.26. The standard InChI is InChI=1S/C25H38N4O7/c1-24(2,3)36-23(35)26-18-14-28(16-8-9-16)10-6-4-5-7-15-12-25(15,22(33)34)27-20(31)19-11-17(30)13-29(19)21(18)32/h5,7,15-19,30H,4,6,8-14H2,1-3H3,(H,26,35)(H,27,31)(H,33,34)/b7-5-/t15?,17-,18+,19+,25-/m1/s1. The summed E-state index contributed by atoms with van der Waals surface area (Å²) in [5, 5.41) is 25.6. The van der Waals surface area contributed by atoms with E-state index in [0.717, 1.165) is 25.7 Å². The van der Waals surface area contributed by atoms with Crippen molar-refractivity contribution in [3.8, 4) is 0 Å². The van der Waals surface area contributed by atoms with Crippen LogP contribution in [0.4, 0.5) is 4.79 Å². The van der Waals surface area contributed by atoms with Crippen LogP contribution in [0.2, 0.25) is 0 Å². The minimum atomic E-state index is -1.40. The van der Waals surface area contributed by atoms with E-state index < -0.39 is 53.2 Å². The largest absolute Gasteiger partial charge is 0.479 e. The van der Waals surface area contributed by atoms with E-state index in [1.165, 1.54) is 4.90 Å². The quantitative estimate of drug-likeness (QED) is 0.407. The summed E-state index contributed by atoms with van der Waals surface area (Å²) in [5.74, 6) is -2.53. The van der Waals surface area contributed by atoms with E-state index >= 15 is 0 Å². The van der Waals surface area contributed by atoms with Crippen LogP contribution in [0.3, 0.4) is 0 Å². The molecule has 0 bridgehead atoms. The van der Waals surface area contributed by atoms with Crippen molar-refractivity contribution in [2.45, 2.75) is 94.7 Å². The lowest BCUT2D eigenvalue weighted by Crippen LogP contribution is -2.59. The van der Waals surface area contributed by atoms with Gasteiger partial charge < -0.3 is 30.5 Å². The second-order valence-electron chi connectivity index (χ2n) is 11.5. The molecule has 3 amide bonds. The number of carboxylic acid groups (broad SMARTS) is 1. The van der Waals surface area contributed by atoms with Gasteiger partial charge in [-0.2, -0.15) is 0 Å². The van der Waals surface area contributed by atoms with Gasteiger partial charge in [0.05, 0.1) is 6.10 Å². The lowest BCUT2D eigenvalue weighted by atomic mass is 10.1. The fourth-order valence-electron chi connectivity index (χ4n) is 5.18. The average molecular weight is 507 g/mol. The van der Waals surface area contributed by atoms with Crippen LogP contribution in [-0.2, 0) is 19.1 Å². The van der Waals surface area contributed by atoms with Crippen LogP contribution in [-0.4, -0.2) is 98.9 Å². The van der Waals surface area contributed by atoms with Crippen LogP contribution >= 0.6 is 0 Å². The number of carbonyl (C=O) groups is 4. The third-order valence-electron chi connectivity index (χ3n) is 7.26. The van der Waals surface area contributed by atoms with Crippen molar-refractivity contribution in [3.05, 3.63) is 12.2 Å². The van der Waals surface area contributed by atoms with Gasteiger partial charge in [0.1, 0.15) is 23.2 Å². The highest BCUT2D eigenvalue weighted by Crippen LogP contribution is 2.45. The number of nitrogens with zero attached hydrogens (tertiary/aromatic N) is 2. The number of rotatable bonds is 3. The van der Waals surface area contributed by atoms with Crippen molar-refractivity contribution in [2.24, 2.45) is 5.92 Å². The van der Waals surface area contributed by atoms with E-state index in [1.54, 1.807) is 20.8 Å². The SMILES string of the molecule is CC(C)(C)OC(=O)N[C@H]1CN(C2CC2)CCC/C=C\C2C[C@@]2(C(=O)O)NC(=O)[C@@H]2C[C@@H](O)CN2C1=O. The molecule has 2 aliphatic carbocycles. The second-order valence-corrected chi connectivity index (χ2v) is 11.5. The van der Waals surface area contributed by atoms with Gasteiger partial charge in [0, 0.05) is 31.5 Å². The van der Waals surface area contributed by atoms with Crippen molar-refractivity contribution in [3.63, 3.8) is 0 Å². The number of carboxylic acids is 1. The zero-order chi connectivity index (χ0) is 26.3. The number of amides is 3. The number of aliphatic hydroxyl groups excluding tert-OH is 1. The van der Waals surface area contributed by atoms with Crippen molar-refractivity contribution in [1.82, 2.24) is 20.4 Å². The molecule has 0 aromatic rings.